The normalized spacial score (nSPS) is 28.2. The molecule has 0 saturated heterocycles. The fourth-order valence-corrected chi connectivity index (χ4v) is 15.1. The van der Waals surface area contributed by atoms with Gasteiger partial charge in [-0.15, -0.1) is 15.8 Å². The van der Waals surface area contributed by atoms with Crippen LogP contribution < -0.4 is 20.4 Å². The maximum absolute atomic E-state index is 11.3. The quantitative estimate of drug-likeness (QED) is 0.108. The molecule has 0 aliphatic heterocycles. The van der Waals surface area contributed by atoms with Gasteiger partial charge in [0.05, 0.1) is 0 Å². The van der Waals surface area contributed by atoms with Gasteiger partial charge in [-0.1, -0.05) is 25.7 Å². The summed E-state index contributed by atoms with van der Waals surface area (Å²) >= 11 is 0. The van der Waals surface area contributed by atoms with Crippen molar-refractivity contribution in [2.45, 2.75) is 142 Å². The Balaban J connectivity index is 0.00000240. The van der Waals surface area contributed by atoms with E-state index in [-0.39, 0.29) is 80.4 Å². The van der Waals surface area contributed by atoms with E-state index in [1.807, 2.05) is 0 Å². The molecule has 14 heteroatoms. The molecule has 320 valence electrons. The van der Waals surface area contributed by atoms with E-state index in [0.717, 1.165) is 110 Å². The molecule has 0 aromatic carbocycles. The van der Waals surface area contributed by atoms with Crippen molar-refractivity contribution in [3.05, 3.63) is 0 Å². The molecule has 0 aromatic rings. The molecule has 4 aliphatic carbocycles. The van der Waals surface area contributed by atoms with Crippen LogP contribution in [0, 0.1) is 47.3 Å². The molecule has 8 unspecified atom stereocenters. The molecule has 0 heterocycles. The van der Waals surface area contributed by atoms with E-state index in [0.29, 0.717) is 23.7 Å². The number of carboxylic acids is 5. The average Bonchev–Trinajstić information content (AvgIpc) is 3.91. The summed E-state index contributed by atoms with van der Waals surface area (Å²) in [7, 11) is -0.224. The molecule has 55 heavy (non-hydrogen) atoms. The number of aliphatic carboxylic acids is 5. The second-order valence-corrected chi connectivity index (χ2v) is 22.3. The molecular weight excluding hydrogens is 927 g/mol. The fraction of sp³-hybridized carbons (Fsp3) is 0.878. The zero-order valence-corrected chi connectivity index (χ0v) is 37.8. The second-order valence-electron chi connectivity index (χ2n) is 16.9. The minimum absolute atomic E-state index is 0. The Morgan fingerprint density at radius 1 is 0.436 bits per heavy atom. The van der Waals surface area contributed by atoms with Crippen molar-refractivity contribution in [2.24, 2.45) is 47.3 Å². The molecule has 0 radical (unpaired) electrons. The van der Waals surface area contributed by atoms with E-state index in [1.54, 1.807) is 0 Å². The summed E-state index contributed by atoms with van der Waals surface area (Å²) in [5, 5.41) is 52.8. The molecule has 0 spiro atoms. The summed E-state index contributed by atoms with van der Waals surface area (Å²) in [5.41, 5.74) is 0. The van der Waals surface area contributed by atoms with Gasteiger partial charge in [0.25, 0.3) is 5.97 Å². The maximum Gasteiger partial charge on any atom is 2.00 e. The van der Waals surface area contributed by atoms with E-state index >= 15 is 0 Å². The molecule has 0 bridgehead atoms. The van der Waals surface area contributed by atoms with Crippen LogP contribution in [0.1, 0.15) is 142 Å². The van der Waals surface area contributed by atoms with E-state index < -0.39 is 29.8 Å². The van der Waals surface area contributed by atoms with Crippen molar-refractivity contribution in [2.75, 3.05) is 37.0 Å². The van der Waals surface area contributed by atoms with Gasteiger partial charge >= 0.3 is 40.8 Å². The second kappa shape index (κ2) is 28.9. The van der Waals surface area contributed by atoms with Crippen molar-refractivity contribution in [1.82, 2.24) is 0 Å². The molecule has 8 atom stereocenters. The van der Waals surface area contributed by atoms with Gasteiger partial charge in [-0.25, -0.2) is 0 Å². The summed E-state index contributed by atoms with van der Waals surface area (Å²) in [6, 6.07) is 0. The molecule has 4 fully saturated rings. The first-order chi connectivity index (χ1) is 25.3. The van der Waals surface area contributed by atoms with Crippen molar-refractivity contribution in [3.8, 4) is 0 Å². The van der Waals surface area contributed by atoms with Gasteiger partial charge < -0.3 is 44.7 Å². The standard InChI is InChI=1S/C39H66O8P2.C2H4O2.2Pd/c40-36(41)32-14-10-28(24-32)6-1-18-48(19-2-7-29-11-15-33(25-29)37(42)43)22-5-23-49(20-3-8-30-12-16-34(26-30)38(44)45)21-4-9-31-13-17-35(27-31)39(46)47;1-2(3)4;;/h28-35H,1-27H2,(H,40,41)(H,42,43)(H,44,45)(H,46,47);1H3,(H,3,4);;/q;;2*+2/p-4. The molecule has 4 rings (SSSR count). The third-order valence-corrected chi connectivity index (χ3v) is 18.5. The number of rotatable bonds is 24. The molecule has 0 amide bonds. The topological polar surface area (TPSA) is 198 Å². The van der Waals surface area contributed by atoms with Crippen LogP contribution in [0.3, 0.4) is 0 Å². The van der Waals surface area contributed by atoms with Crippen LogP contribution in [0.4, 0.5) is 0 Å². The first-order valence-electron chi connectivity index (χ1n) is 20.8. The SMILES string of the molecule is CC(=O)O.O=C([O-])C1CCC(CCCP(CCCC2CCC(C(=O)[O-])C2)CCCP(CCCC2CCC(C(=O)[O-])C2)CCCC2CCC(C(=O)[O-])C2)C1.[Pd+2].[Pd+2]. The molecule has 4 saturated carbocycles. The van der Waals surface area contributed by atoms with E-state index in [9.17, 15) is 39.6 Å². The van der Waals surface area contributed by atoms with Crippen LogP contribution in [0.15, 0.2) is 0 Å². The monoisotopic (exact) mass is 992 g/mol. The minimum Gasteiger partial charge on any atom is -0.550 e. The number of carboxylic acid groups (broad SMARTS) is 5. The van der Waals surface area contributed by atoms with Crippen LogP contribution in [-0.4, -0.2) is 71.9 Å². The van der Waals surface area contributed by atoms with E-state index in [4.69, 9.17) is 9.90 Å². The summed E-state index contributed by atoms with van der Waals surface area (Å²) < 4.78 is 0. The Kier molecular flexibility index (Phi) is 27.6. The largest absolute Gasteiger partial charge is 2.00 e. The van der Waals surface area contributed by atoms with Crippen molar-refractivity contribution in [1.29, 1.82) is 0 Å². The molecule has 10 nitrogen and oxygen atoms in total. The van der Waals surface area contributed by atoms with Crippen LogP contribution in [0.5, 0.6) is 0 Å². The van der Waals surface area contributed by atoms with Gasteiger partial charge in [0, 0.05) is 30.8 Å². The van der Waals surface area contributed by atoms with Crippen LogP contribution >= 0.6 is 15.8 Å². The van der Waals surface area contributed by atoms with E-state index in [1.165, 1.54) is 69.1 Å². The summed E-state index contributed by atoms with van der Waals surface area (Å²) in [6.07, 6.45) is 28.1. The summed E-state index contributed by atoms with van der Waals surface area (Å²) in [4.78, 5) is 54.3. The number of carbonyl (C=O) groups is 5. The zero-order chi connectivity index (χ0) is 38.8. The molecule has 1 N–H and O–H groups in total. The van der Waals surface area contributed by atoms with Gasteiger partial charge in [0.15, 0.2) is 0 Å². The number of hydrogen-bond donors (Lipinski definition) is 1. The van der Waals surface area contributed by atoms with Gasteiger partial charge in [-0.3, -0.25) is 4.79 Å². The van der Waals surface area contributed by atoms with E-state index in [2.05, 4.69) is 0 Å². The summed E-state index contributed by atoms with van der Waals surface area (Å²) in [6.45, 7) is 1.08. The van der Waals surface area contributed by atoms with Gasteiger partial charge in [-0.05, 0) is 193 Å². The Labute approximate surface area is 360 Å². The van der Waals surface area contributed by atoms with Crippen LogP contribution in [0.25, 0.3) is 0 Å². The molecule has 4 aliphatic rings. The minimum atomic E-state index is -0.885. The number of carbonyl (C=O) groups excluding carboxylic acids is 4. The van der Waals surface area contributed by atoms with Gasteiger partial charge in [0.2, 0.25) is 0 Å². The molecular formula is C41H66O10P2Pd2. The van der Waals surface area contributed by atoms with Crippen molar-refractivity contribution >= 4 is 45.7 Å². The Bertz CT molecular complexity index is 1000. The van der Waals surface area contributed by atoms with Crippen molar-refractivity contribution in [3.63, 3.8) is 0 Å². The smallest absolute Gasteiger partial charge is 0.550 e. The zero-order valence-electron chi connectivity index (χ0n) is 32.9. The van der Waals surface area contributed by atoms with Gasteiger partial charge in [-0.2, -0.15) is 0 Å². The van der Waals surface area contributed by atoms with Gasteiger partial charge in [0.1, 0.15) is 0 Å². The number of hydrogen-bond acceptors (Lipinski definition) is 9. The van der Waals surface area contributed by atoms with Crippen molar-refractivity contribution < 1.29 is 90.4 Å². The van der Waals surface area contributed by atoms with Crippen LogP contribution in [0.2, 0.25) is 0 Å². The first-order valence-corrected chi connectivity index (χ1v) is 24.6. The third-order valence-electron chi connectivity index (χ3n) is 12.8. The van der Waals surface area contributed by atoms with Crippen LogP contribution in [-0.2, 0) is 64.8 Å². The molecule has 0 aromatic heterocycles. The Morgan fingerprint density at radius 3 is 0.818 bits per heavy atom. The predicted octanol–water partition coefficient (Wildman–Crippen LogP) is 4.21. The first kappa shape index (κ1) is 52.6. The Morgan fingerprint density at radius 2 is 0.636 bits per heavy atom. The third kappa shape index (κ3) is 21.4. The average molecular weight is 994 g/mol. The predicted molar refractivity (Wildman–Crippen MR) is 201 cm³/mol. The maximum atomic E-state index is 11.3. The summed E-state index contributed by atoms with van der Waals surface area (Å²) in [5.74, 6) is -3.40. The Hall–Kier alpha value is -0.465. The fourth-order valence-electron chi connectivity index (χ4n) is 9.81.